The van der Waals surface area contributed by atoms with Crippen LogP contribution in [0.3, 0.4) is 0 Å². The van der Waals surface area contributed by atoms with Crippen molar-refractivity contribution in [3.05, 3.63) is 54.1 Å². The minimum absolute atomic E-state index is 0.0736. The van der Waals surface area contributed by atoms with E-state index in [4.69, 9.17) is 0 Å². The number of benzene rings is 2. The van der Waals surface area contributed by atoms with E-state index < -0.39 is 0 Å². The van der Waals surface area contributed by atoms with E-state index in [0.29, 0.717) is 11.4 Å². The molecule has 0 fully saturated rings. The molecule has 2 rings (SSSR count). The molecule has 5 heteroatoms. The lowest BCUT2D eigenvalue weighted by Gasteiger charge is -2.13. The largest absolute Gasteiger partial charge is 0.326 e. The van der Waals surface area contributed by atoms with Gasteiger partial charge in [0, 0.05) is 23.2 Å². The average Bonchev–Trinajstić information content (AvgIpc) is 2.49. The van der Waals surface area contributed by atoms with Gasteiger partial charge >= 0.3 is 0 Å². The third-order valence-electron chi connectivity index (χ3n) is 3.15. The third-order valence-corrected chi connectivity index (χ3v) is 4.27. The topological polar surface area (TPSA) is 58.2 Å². The van der Waals surface area contributed by atoms with Crippen molar-refractivity contribution >= 4 is 35.0 Å². The molecular formula is C18H20N2O2S. The molecule has 23 heavy (non-hydrogen) atoms. The van der Waals surface area contributed by atoms with Crippen LogP contribution in [0.5, 0.6) is 0 Å². The number of rotatable bonds is 5. The minimum Gasteiger partial charge on any atom is -0.326 e. The molecule has 0 heterocycles. The molecule has 4 nitrogen and oxygen atoms in total. The molecule has 0 aliphatic heterocycles. The summed E-state index contributed by atoms with van der Waals surface area (Å²) in [5.74, 6) is -0.215. The summed E-state index contributed by atoms with van der Waals surface area (Å²) in [4.78, 5) is 24.4. The van der Waals surface area contributed by atoms with Gasteiger partial charge in [0.1, 0.15) is 0 Å². The monoisotopic (exact) mass is 328 g/mol. The van der Waals surface area contributed by atoms with E-state index in [1.165, 1.54) is 24.2 Å². The minimum atomic E-state index is -0.220. The van der Waals surface area contributed by atoms with Crippen molar-refractivity contribution in [3.63, 3.8) is 0 Å². The molecule has 2 aromatic carbocycles. The van der Waals surface area contributed by atoms with Crippen LogP contribution >= 0.6 is 11.8 Å². The summed E-state index contributed by atoms with van der Waals surface area (Å²) >= 11 is 1.51. The van der Waals surface area contributed by atoms with Gasteiger partial charge in [0.15, 0.2) is 0 Å². The van der Waals surface area contributed by atoms with Gasteiger partial charge in [0.2, 0.25) is 11.8 Å². The highest BCUT2D eigenvalue weighted by atomic mass is 32.2. The van der Waals surface area contributed by atoms with Crippen LogP contribution < -0.4 is 10.6 Å². The molecule has 0 aliphatic carbocycles. The molecule has 2 amide bonds. The second-order valence-electron chi connectivity index (χ2n) is 5.32. The summed E-state index contributed by atoms with van der Waals surface area (Å²) in [6, 6.07) is 15.2. The van der Waals surface area contributed by atoms with Crippen LogP contribution in [0.4, 0.5) is 11.4 Å². The van der Waals surface area contributed by atoms with E-state index >= 15 is 0 Å². The number of anilines is 2. The lowest BCUT2D eigenvalue weighted by atomic mass is 10.2. The summed E-state index contributed by atoms with van der Waals surface area (Å²) < 4.78 is 0. The van der Waals surface area contributed by atoms with E-state index in [2.05, 4.69) is 10.6 Å². The molecule has 0 saturated carbocycles. The van der Waals surface area contributed by atoms with Gasteiger partial charge in [0.25, 0.3) is 0 Å². The summed E-state index contributed by atoms with van der Waals surface area (Å²) in [5, 5.41) is 5.35. The molecule has 0 aromatic heterocycles. The number of carbonyl (C=O) groups is 2. The number of hydrogen-bond acceptors (Lipinski definition) is 3. The number of thioether (sulfide) groups is 1. The van der Waals surface area contributed by atoms with E-state index in [1.54, 1.807) is 24.3 Å². The molecule has 2 N–H and O–H groups in total. The number of aryl methyl sites for hydroxylation is 1. The number of amides is 2. The summed E-state index contributed by atoms with van der Waals surface area (Å²) in [6.45, 7) is 5.36. The molecule has 120 valence electrons. The first-order chi connectivity index (χ1) is 10.9. The highest BCUT2D eigenvalue weighted by Gasteiger charge is 2.14. The number of hydrogen-bond donors (Lipinski definition) is 2. The maximum absolute atomic E-state index is 12.3. The predicted octanol–water partition coefficient (Wildman–Crippen LogP) is 4.07. The van der Waals surface area contributed by atoms with Gasteiger partial charge in [-0.1, -0.05) is 23.8 Å². The van der Waals surface area contributed by atoms with Gasteiger partial charge in [-0.25, -0.2) is 0 Å². The van der Waals surface area contributed by atoms with Crippen molar-refractivity contribution in [2.24, 2.45) is 0 Å². The molecule has 0 radical (unpaired) electrons. The van der Waals surface area contributed by atoms with Crippen LogP contribution in [0.1, 0.15) is 19.4 Å². The molecule has 0 spiro atoms. The van der Waals surface area contributed by atoms with Crippen LogP contribution in [0.15, 0.2) is 53.4 Å². The lowest BCUT2D eigenvalue weighted by molar-refractivity contribution is -0.115. The van der Waals surface area contributed by atoms with E-state index in [1.807, 2.05) is 38.1 Å². The first-order valence-electron chi connectivity index (χ1n) is 7.36. The Morgan fingerprint density at radius 2 is 1.61 bits per heavy atom. The van der Waals surface area contributed by atoms with Gasteiger partial charge in [-0.05, 0) is 44.2 Å². The number of carbonyl (C=O) groups excluding carboxylic acids is 2. The summed E-state index contributed by atoms with van der Waals surface area (Å²) in [6.07, 6.45) is 0. The number of nitrogens with one attached hydrogen (secondary N) is 2. The van der Waals surface area contributed by atoms with E-state index in [9.17, 15) is 9.59 Å². The fraction of sp³-hybridized carbons (Fsp3) is 0.222. The van der Waals surface area contributed by atoms with Crippen LogP contribution in [0, 0.1) is 6.92 Å². The maximum Gasteiger partial charge on any atom is 0.237 e. The second-order valence-corrected chi connectivity index (χ2v) is 6.74. The third kappa shape index (κ3) is 5.45. The van der Waals surface area contributed by atoms with Gasteiger partial charge in [0.05, 0.1) is 5.25 Å². The summed E-state index contributed by atoms with van der Waals surface area (Å²) in [5.41, 5.74) is 2.52. The second kappa shape index (κ2) is 7.83. The Hall–Kier alpha value is -2.27. The molecule has 0 aliphatic rings. The van der Waals surface area contributed by atoms with Crippen molar-refractivity contribution in [3.8, 4) is 0 Å². The van der Waals surface area contributed by atoms with Crippen LogP contribution in [0.2, 0.25) is 0 Å². The first-order valence-corrected chi connectivity index (χ1v) is 8.24. The predicted molar refractivity (Wildman–Crippen MR) is 95.9 cm³/mol. The molecular weight excluding hydrogens is 308 g/mol. The van der Waals surface area contributed by atoms with Crippen molar-refractivity contribution in [2.75, 3.05) is 10.6 Å². The Balaban J connectivity index is 1.97. The van der Waals surface area contributed by atoms with Crippen molar-refractivity contribution in [1.82, 2.24) is 0 Å². The molecule has 0 bridgehead atoms. The fourth-order valence-corrected chi connectivity index (χ4v) is 2.86. The van der Waals surface area contributed by atoms with Crippen LogP contribution in [-0.4, -0.2) is 17.1 Å². The maximum atomic E-state index is 12.3. The standard InChI is InChI=1S/C18H20N2O2S/c1-12-7-9-17(10-8-12)23-13(2)18(22)20-16-6-4-5-15(11-16)19-14(3)21/h4-11,13H,1-3H3,(H,19,21)(H,20,22)/t13-/m1/s1. The van der Waals surface area contributed by atoms with Gasteiger partial charge in [-0.3, -0.25) is 9.59 Å². The molecule has 0 saturated heterocycles. The first kappa shape index (κ1) is 17.1. The lowest BCUT2D eigenvalue weighted by Crippen LogP contribution is -2.22. The van der Waals surface area contributed by atoms with Gasteiger partial charge in [-0.2, -0.15) is 0 Å². The smallest absolute Gasteiger partial charge is 0.237 e. The Morgan fingerprint density at radius 1 is 1.00 bits per heavy atom. The SMILES string of the molecule is CC(=O)Nc1cccc(NC(=O)[C@@H](C)Sc2ccc(C)cc2)c1. The Labute approximate surface area is 140 Å². The van der Waals surface area contributed by atoms with Gasteiger partial charge in [-0.15, -0.1) is 11.8 Å². The zero-order valence-electron chi connectivity index (χ0n) is 13.4. The molecule has 1 atom stereocenters. The fourth-order valence-electron chi connectivity index (χ4n) is 2.00. The Morgan fingerprint density at radius 3 is 2.22 bits per heavy atom. The van der Waals surface area contributed by atoms with Crippen molar-refractivity contribution in [2.45, 2.75) is 30.9 Å². The Kier molecular flexibility index (Phi) is 5.82. The normalized spacial score (nSPS) is 11.6. The van der Waals surface area contributed by atoms with Gasteiger partial charge < -0.3 is 10.6 Å². The molecule has 2 aromatic rings. The quantitative estimate of drug-likeness (QED) is 0.813. The van der Waals surface area contributed by atoms with E-state index in [0.717, 1.165) is 4.90 Å². The van der Waals surface area contributed by atoms with Crippen LogP contribution in [-0.2, 0) is 9.59 Å². The zero-order chi connectivity index (χ0) is 16.8. The van der Waals surface area contributed by atoms with Crippen molar-refractivity contribution in [1.29, 1.82) is 0 Å². The molecule has 0 unspecified atom stereocenters. The van der Waals surface area contributed by atoms with Crippen molar-refractivity contribution < 1.29 is 9.59 Å². The highest BCUT2D eigenvalue weighted by molar-refractivity contribution is 8.00. The zero-order valence-corrected chi connectivity index (χ0v) is 14.2. The average molecular weight is 328 g/mol. The summed E-state index contributed by atoms with van der Waals surface area (Å²) in [7, 11) is 0. The van der Waals surface area contributed by atoms with Crippen LogP contribution in [0.25, 0.3) is 0 Å². The van der Waals surface area contributed by atoms with E-state index in [-0.39, 0.29) is 17.1 Å². The highest BCUT2D eigenvalue weighted by Crippen LogP contribution is 2.25. The Bertz CT molecular complexity index is 698.